The first kappa shape index (κ1) is 24.3. The molecule has 0 unspecified atom stereocenters. The molecular weight excluding hydrogens is 520 g/mol. The zero-order valence-electron chi connectivity index (χ0n) is 17.1. The predicted molar refractivity (Wildman–Crippen MR) is 129 cm³/mol. The molecule has 0 aromatic heterocycles. The summed E-state index contributed by atoms with van der Waals surface area (Å²) in [6.45, 7) is -0.663. The number of amides is 1. The molecule has 0 aliphatic carbocycles. The molecule has 1 fully saturated rings. The molecule has 2 aromatic rings. The summed E-state index contributed by atoms with van der Waals surface area (Å²) in [5, 5.41) is 12.7. The van der Waals surface area contributed by atoms with Crippen LogP contribution in [0.3, 0.4) is 0 Å². The van der Waals surface area contributed by atoms with Crippen molar-refractivity contribution in [3.05, 3.63) is 52.0 Å². The third-order valence-electron chi connectivity index (χ3n) is 4.17. The van der Waals surface area contributed by atoms with Gasteiger partial charge in [0.1, 0.15) is 5.75 Å². The number of aliphatic carboxylic acids is 1. The van der Waals surface area contributed by atoms with E-state index in [0.717, 1.165) is 0 Å². The van der Waals surface area contributed by atoms with E-state index in [1.807, 2.05) is 47.8 Å². The van der Waals surface area contributed by atoms with Crippen LogP contribution in [0.1, 0.15) is 15.7 Å². The molecule has 1 aliphatic rings. The van der Waals surface area contributed by atoms with Gasteiger partial charge in [-0.3, -0.25) is 4.79 Å². The van der Waals surface area contributed by atoms with E-state index in [0.29, 0.717) is 26.1 Å². The number of hydrogen-bond donors (Lipinski definition) is 2. The van der Waals surface area contributed by atoms with Crippen molar-refractivity contribution >= 4 is 57.5 Å². The van der Waals surface area contributed by atoms with Gasteiger partial charge in [0, 0.05) is 21.5 Å². The Bertz CT molecular complexity index is 981. The van der Waals surface area contributed by atoms with Gasteiger partial charge >= 0.3 is 5.97 Å². The van der Waals surface area contributed by atoms with Gasteiger partial charge in [-0.25, -0.2) is 10.2 Å². The Morgan fingerprint density at radius 2 is 1.88 bits per heavy atom. The zero-order valence-corrected chi connectivity index (χ0v) is 20.3. The highest BCUT2D eigenvalue weighted by atomic mass is 79.9. The number of carboxylic acid groups (broad SMARTS) is 1. The summed E-state index contributed by atoms with van der Waals surface area (Å²) in [5.74, 6) is 2.06. The average Bonchev–Trinajstić information content (AvgIpc) is 3.32. The fourth-order valence-electron chi connectivity index (χ4n) is 2.69. The summed E-state index contributed by atoms with van der Waals surface area (Å²) in [6.07, 6.45) is 1.43. The number of carbonyl (C=O) groups excluding carboxylic acids is 1. The zero-order chi connectivity index (χ0) is 22.9. The van der Waals surface area contributed by atoms with Crippen molar-refractivity contribution in [2.24, 2.45) is 5.10 Å². The maximum Gasteiger partial charge on any atom is 0.341 e. The summed E-state index contributed by atoms with van der Waals surface area (Å²) in [7, 11) is 1.44. The van der Waals surface area contributed by atoms with Gasteiger partial charge in [0.15, 0.2) is 24.7 Å². The van der Waals surface area contributed by atoms with Crippen molar-refractivity contribution < 1.29 is 28.9 Å². The van der Waals surface area contributed by atoms with Crippen LogP contribution >= 0.6 is 39.5 Å². The summed E-state index contributed by atoms with van der Waals surface area (Å²) in [5.41, 5.74) is 4.26. The van der Waals surface area contributed by atoms with E-state index in [9.17, 15) is 9.59 Å². The quantitative estimate of drug-likeness (QED) is 0.345. The van der Waals surface area contributed by atoms with Crippen LogP contribution in [0.2, 0.25) is 0 Å². The Morgan fingerprint density at radius 1 is 1.16 bits per heavy atom. The molecule has 0 bridgehead atoms. The van der Waals surface area contributed by atoms with Crippen molar-refractivity contribution in [1.82, 2.24) is 5.43 Å². The maximum absolute atomic E-state index is 12.0. The Morgan fingerprint density at radius 3 is 2.53 bits per heavy atom. The topological polar surface area (TPSA) is 106 Å². The van der Waals surface area contributed by atoms with Crippen LogP contribution in [0.4, 0.5) is 0 Å². The third kappa shape index (κ3) is 7.07. The number of hydrogen-bond acceptors (Lipinski definition) is 8. The number of nitrogens with one attached hydrogen (secondary N) is 1. The monoisotopic (exact) mass is 540 g/mol. The maximum atomic E-state index is 12.0. The number of carboxylic acids is 1. The minimum absolute atomic E-state index is 0.171. The second-order valence-corrected chi connectivity index (χ2v) is 10.0. The number of hydrazone groups is 1. The van der Waals surface area contributed by atoms with Gasteiger partial charge in [-0.05, 0) is 45.8 Å². The molecule has 1 heterocycles. The molecule has 0 saturated carbocycles. The van der Waals surface area contributed by atoms with Crippen molar-refractivity contribution in [3.63, 3.8) is 0 Å². The minimum Gasteiger partial charge on any atom is -0.493 e. The third-order valence-corrected chi connectivity index (χ3v) is 7.96. The first-order valence-electron chi connectivity index (χ1n) is 9.46. The molecule has 1 amide bonds. The predicted octanol–water partition coefficient (Wildman–Crippen LogP) is 3.93. The number of carbonyl (C=O) groups is 2. The molecule has 2 N–H and O–H groups in total. The van der Waals surface area contributed by atoms with E-state index in [1.165, 1.54) is 30.4 Å². The van der Waals surface area contributed by atoms with Crippen LogP contribution in [0, 0.1) is 0 Å². The van der Waals surface area contributed by atoms with Crippen LogP contribution in [0.5, 0.6) is 17.2 Å². The molecular formula is C21H21BrN2O6S2. The Balaban J connectivity index is 1.50. The van der Waals surface area contributed by atoms with Crippen molar-refractivity contribution in [2.75, 3.05) is 31.8 Å². The van der Waals surface area contributed by atoms with Gasteiger partial charge in [0.25, 0.3) is 5.91 Å². The Labute approximate surface area is 202 Å². The Hall–Kier alpha value is -2.37. The van der Waals surface area contributed by atoms with Crippen molar-refractivity contribution in [2.45, 2.75) is 4.58 Å². The highest BCUT2D eigenvalue weighted by Gasteiger charge is 2.18. The fourth-order valence-corrected chi connectivity index (χ4v) is 5.97. The Kier molecular flexibility index (Phi) is 9.12. The molecule has 0 radical (unpaired) electrons. The van der Waals surface area contributed by atoms with Crippen LogP contribution in [-0.4, -0.2) is 55.0 Å². The molecule has 11 heteroatoms. The summed E-state index contributed by atoms with van der Waals surface area (Å²) in [4.78, 5) is 22.7. The number of ether oxygens (including phenoxy) is 3. The number of halogens is 1. The van der Waals surface area contributed by atoms with E-state index in [4.69, 9.17) is 19.3 Å². The summed E-state index contributed by atoms with van der Waals surface area (Å²) in [6, 6.07) is 11.0. The molecule has 8 nitrogen and oxygen atoms in total. The van der Waals surface area contributed by atoms with E-state index in [-0.39, 0.29) is 12.4 Å². The van der Waals surface area contributed by atoms with Gasteiger partial charge < -0.3 is 19.3 Å². The molecule has 2 aromatic carbocycles. The first-order chi connectivity index (χ1) is 15.5. The lowest BCUT2D eigenvalue weighted by Gasteiger charge is -2.11. The van der Waals surface area contributed by atoms with Gasteiger partial charge in [-0.15, -0.1) is 23.5 Å². The number of rotatable bonds is 10. The molecule has 170 valence electrons. The van der Waals surface area contributed by atoms with Crippen molar-refractivity contribution in [1.29, 1.82) is 0 Å². The number of methoxy groups -OCH3 is 1. The van der Waals surface area contributed by atoms with Crippen molar-refractivity contribution in [3.8, 4) is 17.2 Å². The second kappa shape index (κ2) is 12.0. The lowest BCUT2D eigenvalue weighted by molar-refractivity contribution is -0.139. The van der Waals surface area contributed by atoms with Crippen LogP contribution in [-0.2, 0) is 9.59 Å². The van der Waals surface area contributed by atoms with Crippen LogP contribution < -0.4 is 19.6 Å². The first-order valence-corrected chi connectivity index (χ1v) is 12.4. The number of thioether (sulfide) groups is 2. The molecule has 0 spiro atoms. The standard InChI is InChI=1S/C21H21BrN2O6S2/c1-28-17-8-14(16(22)9-18(17)30-12-20(26)27)10-23-24-19(25)11-29-15-4-2-13(3-5-15)21-31-6-7-32-21/h2-5,8-10,21H,6-7,11-12H2,1H3,(H,24,25)(H,26,27)/b23-10-. The highest BCUT2D eigenvalue weighted by Crippen LogP contribution is 2.45. The van der Waals surface area contributed by atoms with Gasteiger partial charge in [0.2, 0.25) is 0 Å². The van der Waals surface area contributed by atoms with Gasteiger partial charge in [0.05, 0.1) is 17.9 Å². The largest absolute Gasteiger partial charge is 0.493 e. The summed E-state index contributed by atoms with van der Waals surface area (Å²) < 4.78 is 17.0. The van der Waals surface area contributed by atoms with Crippen LogP contribution in [0.15, 0.2) is 46.0 Å². The molecule has 1 aliphatic heterocycles. The lowest BCUT2D eigenvalue weighted by atomic mass is 10.2. The van der Waals surface area contributed by atoms with Gasteiger partial charge in [-0.1, -0.05) is 12.1 Å². The van der Waals surface area contributed by atoms with Gasteiger partial charge in [-0.2, -0.15) is 5.10 Å². The van der Waals surface area contributed by atoms with Crippen LogP contribution in [0.25, 0.3) is 0 Å². The lowest BCUT2D eigenvalue weighted by Crippen LogP contribution is -2.24. The number of benzene rings is 2. The average molecular weight is 541 g/mol. The van der Waals surface area contributed by atoms with E-state index >= 15 is 0 Å². The molecule has 3 rings (SSSR count). The second-order valence-electron chi connectivity index (χ2n) is 6.43. The minimum atomic E-state index is -1.10. The molecule has 0 atom stereocenters. The normalized spacial score (nSPS) is 13.8. The smallest absolute Gasteiger partial charge is 0.341 e. The molecule has 32 heavy (non-hydrogen) atoms. The van der Waals surface area contributed by atoms with E-state index in [1.54, 1.807) is 12.1 Å². The summed E-state index contributed by atoms with van der Waals surface area (Å²) >= 11 is 7.23. The molecule has 1 saturated heterocycles. The SMILES string of the molecule is COc1cc(/C=N\NC(=O)COc2ccc(C3SCCS3)cc2)c(Br)cc1OCC(=O)O. The number of nitrogens with zero attached hydrogens (tertiary/aromatic N) is 1. The fraction of sp³-hybridized carbons (Fsp3) is 0.286. The van der Waals surface area contributed by atoms with E-state index < -0.39 is 18.5 Å². The highest BCUT2D eigenvalue weighted by molar-refractivity contribution is 9.10. The van der Waals surface area contributed by atoms with E-state index in [2.05, 4.69) is 26.5 Å².